The van der Waals surface area contributed by atoms with Crippen LogP contribution in [0.25, 0.3) is 0 Å². The van der Waals surface area contributed by atoms with E-state index in [4.69, 9.17) is 0 Å². The van der Waals surface area contributed by atoms with Gasteiger partial charge in [-0.05, 0) is 45.1 Å². The van der Waals surface area contributed by atoms with Crippen molar-refractivity contribution in [1.29, 1.82) is 0 Å². The standard InChI is InChI=1S/C15H15BrF2N2O2S2/c16-15-7-11(10-23-15)9-19-3-5-20(6-4-19)24(21,22)14-2-1-12(17)8-13(14)18/h1-2,7-8,10H,3-6,9H2. The molecule has 1 aliphatic heterocycles. The molecule has 0 spiro atoms. The van der Waals surface area contributed by atoms with Crippen molar-refractivity contribution < 1.29 is 17.2 Å². The highest BCUT2D eigenvalue weighted by Crippen LogP contribution is 2.24. The molecule has 2 heterocycles. The fraction of sp³-hybridized carbons (Fsp3) is 0.333. The minimum Gasteiger partial charge on any atom is -0.296 e. The van der Waals surface area contributed by atoms with E-state index < -0.39 is 26.6 Å². The normalized spacial score (nSPS) is 17.3. The Balaban J connectivity index is 1.67. The lowest BCUT2D eigenvalue weighted by atomic mass is 10.3. The molecular formula is C15H15BrF2N2O2S2. The van der Waals surface area contributed by atoms with Gasteiger partial charge in [-0.15, -0.1) is 11.3 Å². The Morgan fingerprint density at radius 1 is 1.12 bits per heavy atom. The van der Waals surface area contributed by atoms with Crippen LogP contribution in [-0.2, 0) is 16.6 Å². The molecule has 24 heavy (non-hydrogen) atoms. The third-order valence-electron chi connectivity index (χ3n) is 3.87. The number of sulfonamides is 1. The average Bonchev–Trinajstić information content (AvgIpc) is 2.92. The van der Waals surface area contributed by atoms with Gasteiger partial charge in [-0.25, -0.2) is 17.2 Å². The van der Waals surface area contributed by atoms with Crippen molar-refractivity contribution in [3.63, 3.8) is 0 Å². The maximum atomic E-state index is 13.8. The monoisotopic (exact) mass is 436 g/mol. The molecule has 0 atom stereocenters. The van der Waals surface area contributed by atoms with Crippen LogP contribution in [0.1, 0.15) is 5.56 Å². The zero-order valence-electron chi connectivity index (χ0n) is 12.6. The minimum absolute atomic E-state index is 0.282. The maximum absolute atomic E-state index is 13.8. The molecule has 0 N–H and O–H groups in total. The highest BCUT2D eigenvalue weighted by Gasteiger charge is 2.30. The topological polar surface area (TPSA) is 40.6 Å². The predicted molar refractivity (Wildman–Crippen MR) is 92.4 cm³/mol. The molecule has 1 aliphatic rings. The second-order valence-corrected chi connectivity index (χ2v) is 9.71. The third kappa shape index (κ3) is 3.85. The summed E-state index contributed by atoms with van der Waals surface area (Å²) in [5.74, 6) is -1.85. The molecule has 0 amide bonds. The fourth-order valence-electron chi connectivity index (χ4n) is 2.64. The molecule has 0 unspecified atom stereocenters. The van der Waals surface area contributed by atoms with Crippen molar-refractivity contribution in [2.45, 2.75) is 11.4 Å². The van der Waals surface area contributed by atoms with Crippen molar-refractivity contribution in [3.05, 3.63) is 50.6 Å². The van der Waals surface area contributed by atoms with Crippen LogP contribution in [-0.4, -0.2) is 43.8 Å². The summed E-state index contributed by atoms with van der Waals surface area (Å²) >= 11 is 5.03. The SMILES string of the molecule is O=S(=O)(c1ccc(F)cc1F)N1CCN(Cc2csc(Br)c2)CC1. The number of hydrogen-bond acceptors (Lipinski definition) is 4. The van der Waals surface area contributed by atoms with Gasteiger partial charge in [0.2, 0.25) is 10.0 Å². The molecule has 3 rings (SSSR count). The summed E-state index contributed by atoms with van der Waals surface area (Å²) < 4.78 is 54.2. The summed E-state index contributed by atoms with van der Waals surface area (Å²) in [6.07, 6.45) is 0. The van der Waals surface area contributed by atoms with E-state index in [9.17, 15) is 17.2 Å². The van der Waals surface area contributed by atoms with Crippen LogP contribution in [0.5, 0.6) is 0 Å². The molecular weight excluding hydrogens is 422 g/mol. The van der Waals surface area contributed by atoms with Crippen molar-refractivity contribution >= 4 is 37.3 Å². The van der Waals surface area contributed by atoms with E-state index in [0.29, 0.717) is 19.2 Å². The molecule has 1 fully saturated rings. The van der Waals surface area contributed by atoms with E-state index in [0.717, 1.165) is 22.5 Å². The van der Waals surface area contributed by atoms with Crippen molar-refractivity contribution in [3.8, 4) is 0 Å². The Hall–Kier alpha value is -0.870. The summed E-state index contributed by atoms with van der Waals surface area (Å²) in [6, 6.07) is 4.58. The first kappa shape index (κ1) is 17.9. The van der Waals surface area contributed by atoms with Gasteiger partial charge in [0.05, 0.1) is 3.79 Å². The number of thiophene rings is 1. The first-order valence-electron chi connectivity index (χ1n) is 7.27. The van der Waals surface area contributed by atoms with E-state index in [2.05, 4.69) is 26.2 Å². The molecule has 1 aromatic heterocycles. The molecule has 130 valence electrons. The van der Waals surface area contributed by atoms with Gasteiger partial charge < -0.3 is 0 Å². The third-order valence-corrected chi connectivity index (χ3v) is 7.36. The Kier molecular flexibility index (Phi) is 5.36. The van der Waals surface area contributed by atoms with Crippen molar-refractivity contribution in [2.24, 2.45) is 0 Å². The van der Waals surface area contributed by atoms with Crippen LogP contribution in [0, 0.1) is 11.6 Å². The van der Waals surface area contributed by atoms with Crippen LogP contribution in [0.4, 0.5) is 8.78 Å². The summed E-state index contributed by atoms with van der Waals surface area (Å²) in [4.78, 5) is 1.68. The second kappa shape index (κ2) is 7.17. The van der Waals surface area contributed by atoms with Gasteiger partial charge in [0, 0.05) is 38.8 Å². The molecule has 4 nitrogen and oxygen atoms in total. The maximum Gasteiger partial charge on any atom is 0.246 e. The highest BCUT2D eigenvalue weighted by molar-refractivity contribution is 9.11. The number of hydrogen-bond donors (Lipinski definition) is 0. The quantitative estimate of drug-likeness (QED) is 0.737. The van der Waals surface area contributed by atoms with E-state index >= 15 is 0 Å². The van der Waals surface area contributed by atoms with E-state index in [1.54, 1.807) is 11.3 Å². The lowest BCUT2D eigenvalue weighted by Crippen LogP contribution is -2.48. The van der Waals surface area contributed by atoms with E-state index in [1.807, 2.05) is 6.07 Å². The molecule has 9 heteroatoms. The summed E-state index contributed by atoms with van der Waals surface area (Å²) in [5, 5.41) is 2.06. The summed E-state index contributed by atoms with van der Waals surface area (Å²) in [6.45, 7) is 2.45. The largest absolute Gasteiger partial charge is 0.296 e. The zero-order valence-corrected chi connectivity index (χ0v) is 15.8. The minimum atomic E-state index is -3.94. The fourth-order valence-corrected chi connectivity index (χ4v) is 5.31. The number of piperazine rings is 1. The van der Waals surface area contributed by atoms with Gasteiger partial charge >= 0.3 is 0 Å². The van der Waals surface area contributed by atoms with Crippen LogP contribution < -0.4 is 0 Å². The molecule has 0 aliphatic carbocycles. The van der Waals surface area contributed by atoms with Crippen molar-refractivity contribution in [1.82, 2.24) is 9.21 Å². The number of benzene rings is 1. The Morgan fingerprint density at radius 2 is 1.83 bits per heavy atom. The van der Waals surface area contributed by atoms with Gasteiger partial charge in [0.25, 0.3) is 0 Å². The van der Waals surface area contributed by atoms with Crippen LogP contribution >= 0.6 is 27.3 Å². The Labute approximate surface area is 151 Å². The second-order valence-electron chi connectivity index (χ2n) is 5.51. The lowest BCUT2D eigenvalue weighted by molar-refractivity contribution is 0.181. The van der Waals surface area contributed by atoms with Crippen LogP contribution in [0.3, 0.4) is 0 Å². The van der Waals surface area contributed by atoms with Crippen LogP contribution in [0.2, 0.25) is 0 Å². The molecule has 0 radical (unpaired) electrons. The smallest absolute Gasteiger partial charge is 0.246 e. The van der Waals surface area contributed by atoms with E-state index in [-0.39, 0.29) is 13.1 Å². The van der Waals surface area contributed by atoms with Gasteiger partial charge in [-0.1, -0.05) is 0 Å². The first-order chi connectivity index (χ1) is 11.4. The Morgan fingerprint density at radius 3 is 2.42 bits per heavy atom. The molecule has 2 aromatic rings. The highest BCUT2D eigenvalue weighted by atomic mass is 79.9. The zero-order chi connectivity index (χ0) is 17.3. The average molecular weight is 437 g/mol. The summed E-state index contributed by atoms with van der Waals surface area (Å²) in [7, 11) is -3.94. The Bertz CT molecular complexity index is 834. The first-order valence-corrected chi connectivity index (χ1v) is 10.4. The van der Waals surface area contributed by atoms with Gasteiger partial charge in [0.15, 0.2) is 0 Å². The predicted octanol–water partition coefficient (Wildman–Crippen LogP) is 3.30. The summed E-state index contributed by atoms with van der Waals surface area (Å²) in [5.41, 5.74) is 1.17. The molecule has 0 bridgehead atoms. The number of halogens is 3. The molecule has 1 aromatic carbocycles. The van der Waals surface area contributed by atoms with Gasteiger partial charge in [-0.3, -0.25) is 4.90 Å². The van der Waals surface area contributed by atoms with Gasteiger partial charge in [-0.2, -0.15) is 4.31 Å². The number of rotatable bonds is 4. The van der Waals surface area contributed by atoms with Gasteiger partial charge in [0.1, 0.15) is 16.5 Å². The van der Waals surface area contributed by atoms with E-state index in [1.165, 1.54) is 9.87 Å². The molecule has 0 saturated carbocycles. The van der Waals surface area contributed by atoms with Crippen molar-refractivity contribution in [2.75, 3.05) is 26.2 Å². The molecule has 1 saturated heterocycles. The number of nitrogens with zero attached hydrogens (tertiary/aromatic N) is 2. The lowest BCUT2D eigenvalue weighted by Gasteiger charge is -2.33. The van der Waals surface area contributed by atoms with Crippen LogP contribution in [0.15, 0.2) is 38.3 Å².